The Kier molecular flexibility index (Phi) is 17.9. The maximum atomic E-state index is 14.0. The van der Waals surface area contributed by atoms with Crippen LogP contribution in [-0.2, 0) is 54.4 Å². The number of aromatic amines is 1. The number of carbonyl (C=O) groups excluding carboxylic acids is 10. The minimum atomic E-state index is -1.54. The molecule has 1 aromatic carbocycles. The average Bonchev–Trinajstić information content (AvgIpc) is 3.89. The van der Waals surface area contributed by atoms with E-state index in [1.54, 1.807) is 12.3 Å². The quantitative estimate of drug-likeness (QED) is 0.0784. The lowest BCUT2D eigenvalue weighted by molar-refractivity contribution is -0.143. The normalized spacial score (nSPS) is 25.2. The van der Waals surface area contributed by atoms with Crippen molar-refractivity contribution in [1.29, 1.82) is 0 Å². The number of thiocarbonyl (C=S) groups is 1. The molecule has 4 rings (SSSR count). The number of nitrogens with zero attached hydrogens (tertiary/aromatic N) is 1. The summed E-state index contributed by atoms with van der Waals surface area (Å²) in [5.74, 6) is -8.23. The van der Waals surface area contributed by atoms with Gasteiger partial charge in [-0.1, -0.05) is 36.8 Å². The lowest BCUT2D eigenvalue weighted by atomic mass is 10.0. The van der Waals surface area contributed by atoms with Crippen molar-refractivity contribution in [2.45, 2.75) is 120 Å². The smallest absolute Gasteiger partial charge is 0.246 e. The zero-order valence-corrected chi connectivity index (χ0v) is 35.4. The highest BCUT2D eigenvalue weighted by atomic mass is 32.1. The number of unbranched alkanes of at least 4 members (excludes halogenated alkanes) is 2. The number of nitrogens with two attached hydrogens (primary N) is 2. The fourth-order valence-electron chi connectivity index (χ4n) is 7.19. The predicted molar refractivity (Wildman–Crippen MR) is 227 cm³/mol. The van der Waals surface area contributed by atoms with Crippen LogP contribution in [0.25, 0.3) is 10.9 Å². The van der Waals surface area contributed by atoms with Crippen LogP contribution in [-0.4, -0.2) is 130 Å². The second kappa shape index (κ2) is 23.0. The highest BCUT2D eigenvalue weighted by Crippen LogP contribution is 2.21. The topological polar surface area (TPSA) is 326 Å². The molecule has 21 nitrogen and oxygen atoms in total. The van der Waals surface area contributed by atoms with Crippen LogP contribution in [0.2, 0.25) is 0 Å². The zero-order valence-electron chi connectivity index (χ0n) is 34.6. The van der Waals surface area contributed by atoms with Crippen LogP contribution in [0.5, 0.6) is 0 Å². The van der Waals surface area contributed by atoms with Gasteiger partial charge in [0, 0.05) is 36.5 Å². The molecule has 2 aliphatic heterocycles. The summed E-state index contributed by atoms with van der Waals surface area (Å²) in [6.45, 7) is 2.07. The fraction of sp³-hybridized carbons (Fsp3) is 0.525. The number of para-hydroxylation sites is 1. The summed E-state index contributed by atoms with van der Waals surface area (Å²) in [6.07, 6.45) is 2.45. The molecule has 3 heterocycles. The monoisotopic (exact) mass is 881 g/mol. The Bertz CT molecular complexity index is 2040. The molecule has 1 aromatic heterocycles. The standard InChI is InChI=1S/C40H55N11O10S/c1-21-35(56)49-28(17-23-19-43-25-10-6-5-9-24(23)25)36(57)44-20-33(54)47-26(11-4-3-7-16-62)38(59)50-29(18-32(42)53)40(61)51-15-8-12-30(51)39(60)46-22(2)34(55)48-27(37(58)45-21)13-14-31(41)52/h5-6,9-10,16,19,21-22,26-30,43H,3-4,7-8,11-15,17-18,20H2,1-2H3,(H2,41,52)(H2,42,53)(H,44,57)(H,45,58)(H,46,60)(H,47,54)(H,48,55)(H,49,56)(H,50,59)/t21-,22+,26+,27+,28+,29+,30+/m1/s1. The van der Waals surface area contributed by atoms with Crippen molar-refractivity contribution < 1.29 is 47.9 Å². The molecule has 2 aliphatic rings. The molecule has 336 valence electrons. The van der Waals surface area contributed by atoms with E-state index in [0.29, 0.717) is 31.2 Å². The number of benzene rings is 1. The molecule has 2 fully saturated rings. The molecule has 0 radical (unpaired) electrons. The van der Waals surface area contributed by atoms with E-state index in [1.807, 2.05) is 18.2 Å². The molecule has 12 N–H and O–H groups in total. The van der Waals surface area contributed by atoms with Gasteiger partial charge in [0.2, 0.25) is 59.1 Å². The van der Waals surface area contributed by atoms with E-state index in [-0.39, 0.29) is 38.6 Å². The predicted octanol–water partition coefficient (Wildman–Crippen LogP) is -2.52. The number of carbonyl (C=O) groups is 10. The van der Waals surface area contributed by atoms with Crippen LogP contribution in [0.4, 0.5) is 0 Å². The molecular weight excluding hydrogens is 827 g/mol. The molecule has 2 aromatic rings. The van der Waals surface area contributed by atoms with Crippen molar-refractivity contribution in [2.24, 2.45) is 11.5 Å². The number of primary amides is 2. The lowest BCUT2D eigenvalue weighted by Crippen LogP contribution is -2.60. The highest BCUT2D eigenvalue weighted by Gasteiger charge is 2.40. The first-order chi connectivity index (χ1) is 29.5. The first-order valence-corrected chi connectivity index (χ1v) is 20.9. The Balaban J connectivity index is 1.68. The molecule has 62 heavy (non-hydrogen) atoms. The largest absolute Gasteiger partial charge is 0.370 e. The van der Waals surface area contributed by atoms with E-state index in [9.17, 15) is 47.9 Å². The Labute approximate surface area is 362 Å². The van der Waals surface area contributed by atoms with Crippen LogP contribution in [0, 0.1) is 0 Å². The Morgan fingerprint density at radius 1 is 0.742 bits per heavy atom. The van der Waals surface area contributed by atoms with Crippen molar-refractivity contribution in [3.8, 4) is 0 Å². The van der Waals surface area contributed by atoms with E-state index in [1.165, 1.54) is 19.2 Å². The number of H-pyrrole nitrogens is 1. The molecule has 0 bridgehead atoms. The van der Waals surface area contributed by atoms with Gasteiger partial charge in [0.15, 0.2) is 0 Å². The molecule has 0 unspecified atom stereocenters. The summed E-state index contributed by atoms with van der Waals surface area (Å²) in [5, 5.41) is 20.0. The average molecular weight is 882 g/mol. The molecule has 0 saturated carbocycles. The van der Waals surface area contributed by atoms with Crippen molar-refractivity contribution in [3.63, 3.8) is 0 Å². The SMILES string of the molecule is C[C@@H]1NC(=O)[C@@H]2CCCN2C(=O)[C@H](CC(N)=O)NC(=O)[C@H](CCCCC=S)NC(=O)CNC(=O)[C@H](Cc2c[nH]c3ccccc23)NC(=O)[C@@H](C)NC(=O)[C@H](CCC(N)=O)NC1=O. The van der Waals surface area contributed by atoms with Gasteiger partial charge < -0.3 is 58.6 Å². The van der Waals surface area contributed by atoms with E-state index >= 15 is 0 Å². The minimum absolute atomic E-state index is 0.0580. The summed E-state index contributed by atoms with van der Waals surface area (Å²) < 4.78 is 0. The molecule has 22 heteroatoms. The molecule has 0 aliphatic carbocycles. The Morgan fingerprint density at radius 3 is 2.05 bits per heavy atom. The number of aromatic nitrogens is 1. The third-order valence-electron chi connectivity index (χ3n) is 10.5. The third kappa shape index (κ3) is 13.8. The molecule has 7 atom stereocenters. The van der Waals surface area contributed by atoms with Gasteiger partial charge in [-0.3, -0.25) is 47.9 Å². The van der Waals surface area contributed by atoms with Crippen molar-refractivity contribution >= 4 is 87.6 Å². The van der Waals surface area contributed by atoms with Crippen LogP contribution in [0.1, 0.15) is 77.2 Å². The van der Waals surface area contributed by atoms with Gasteiger partial charge in [-0.2, -0.15) is 0 Å². The van der Waals surface area contributed by atoms with Crippen LogP contribution < -0.4 is 48.7 Å². The van der Waals surface area contributed by atoms with Gasteiger partial charge in [0.1, 0.15) is 42.3 Å². The van der Waals surface area contributed by atoms with Gasteiger partial charge in [0.05, 0.1) is 13.0 Å². The number of fused-ring (bicyclic) bond motifs is 2. The van der Waals surface area contributed by atoms with Gasteiger partial charge in [-0.25, -0.2) is 0 Å². The second-order valence-corrected chi connectivity index (χ2v) is 15.7. The first kappa shape index (κ1) is 48.2. The van der Waals surface area contributed by atoms with Gasteiger partial charge in [0.25, 0.3) is 0 Å². The molecule has 2 saturated heterocycles. The summed E-state index contributed by atoms with van der Waals surface area (Å²) in [4.78, 5) is 137. The highest BCUT2D eigenvalue weighted by molar-refractivity contribution is 7.78. The van der Waals surface area contributed by atoms with Crippen LogP contribution >= 0.6 is 12.2 Å². The number of rotatable bonds is 12. The lowest BCUT2D eigenvalue weighted by Gasteiger charge is -2.30. The van der Waals surface area contributed by atoms with Gasteiger partial charge in [-0.15, -0.1) is 0 Å². The van der Waals surface area contributed by atoms with Crippen LogP contribution in [0.15, 0.2) is 30.5 Å². The van der Waals surface area contributed by atoms with E-state index in [2.05, 4.69) is 42.2 Å². The summed E-state index contributed by atoms with van der Waals surface area (Å²) in [6, 6.07) is -2.00. The summed E-state index contributed by atoms with van der Waals surface area (Å²) in [5.41, 5.74) is 12.2. The number of hydrogen-bond donors (Lipinski definition) is 10. The second-order valence-electron chi connectivity index (χ2n) is 15.4. The Morgan fingerprint density at radius 2 is 1.37 bits per heavy atom. The van der Waals surface area contributed by atoms with E-state index < -0.39 is 114 Å². The number of nitrogens with one attached hydrogen (secondary N) is 8. The molecule has 10 amide bonds. The van der Waals surface area contributed by atoms with Crippen molar-refractivity contribution in [1.82, 2.24) is 47.1 Å². The van der Waals surface area contributed by atoms with Gasteiger partial charge >= 0.3 is 0 Å². The van der Waals surface area contributed by atoms with Crippen molar-refractivity contribution in [2.75, 3.05) is 13.1 Å². The molecular formula is C40H55N11O10S. The molecule has 0 spiro atoms. The van der Waals surface area contributed by atoms with Gasteiger partial charge in [-0.05, 0) is 69.4 Å². The van der Waals surface area contributed by atoms with E-state index in [0.717, 1.165) is 15.8 Å². The maximum absolute atomic E-state index is 14.0. The summed E-state index contributed by atoms with van der Waals surface area (Å²) >= 11 is 4.91. The van der Waals surface area contributed by atoms with E-state index in [4.69, 9.17) is 23.7 Å². The fourth-order valence-corrected chi connectivity index (χ4v) is 7.36. The zero-order chi connectivity index (χ0) is 45.5. The van der Waals surface area contributed by atoms with Crippen molar-refractivity contribution in [3.05, 3.63) is 36.0 Å². The number of amides is 10. The Hall–Kier alpha value is -6.45. The maximum Gasteiger partial charge on any atom is 0.246 e. The minimum Gasteiger partial charge on any atom is -0.370 e. The third-order valence-corrected chi connectivity index (χ3v) is 10.8. The number of hydrogen-bond acceptors (Lipinski definition) is 11. The first-order valence-electron chi connectivity index (χ1n) is 20.4. The summed E-state index contributed by atoms with van der Waals surface area (Å²) in [7, 11) is 0. The van der Waals surface area contributed by atoms with Crippen LogP contribution in [0.3, 0.4) is 0 Å².